The van der Waals surface area contributed by atoms with Crippen LogP contribution in [0, 0.1) is 19.7 Å². The second-order valence-electron chi connectivity index (χ2n) is 4.89. The molecule has 0 spiro atoms. The molecule has 1 N–H and O–H groups in total. The Morgan fingerprint density at radius 2 is 2.10 bits per heavy atom. The van der Waals surface area contributed by atoms with Crippen LogP contribution in [0.15, 0.2) is 22.7 Å². The van der Waals surface area contributed by atoms with Crippen molar-refractivity contribution in [2.24, 2.45) is 0 Å². The number of hydrogen-bond acceptors (Lipinski definition) is 2. The van der Waals surface area contributed by atoms with Crippen LogP contribution >= 0.6 is 15.9 Å². The summed E-state index contributed by atoms with van der Waals surface area (Å²) in [6.45, 7) is 9.06. The highest BCUT2D eigenvalue weighted by molar-refractivity contribution is 9.10. The molecule has 108 valence electrons. The first-order chi connectivity index (χ1) is 9.43. The van der Waals surface area contributed by atoms with Gasteiger partial charge in [-0.1, -0.05) is 0 Å². The van der Waals surface area contributed by atoms with Gasteiger partial charge in [-0.3, -0.25) is 4.68 Å². The summed E-state index contributed by atoms with van der Waals surface area (Å²) >= 11 is 3.44. The number of anilines is 1. The van der Waals surface area contributed by atoms with Gasteiger partial charge in [0.2, 0.25) is 0 Å². The molecule has 5 heteroatoms. The van der Waals surface area contributed by atoms with E-state index in [4.69, 9.17) is 0 Å². The van der Waals surface area contributed by atoms with E-state index in [2.05, 4.69) is 47.1 Å². The van der Waals surface area contributed by atoms with Gasteiger partial charge < -0.3 is 5.32 Å². The third-order valence-electron chi connectivity index (χ3n) is 3.47. The fourth-order valence-corrected chi connectivity index (χ4v) is 2.92. The molecule has 20 heavy (non-hydrogen) atoms. The summed E-state index contributed by atoms with van der Waals surface area (Å²) in [7, 11) is 0. The summed E-state index contributed by atoms with van der Waals surface area (Å²) in [6.07, 6.45) is 0. The van der Waals surface area contributed by atoms with Crippen LogP contribution in [0.25, 0.3) is 0 Å². The summed E-state index contributed by atoms with van der Waals surface area (Å²) in [5.41, 5.74) is 4.08. The Labute approximate surface area is 127 Å². The van der Waals surface area contributed by atoms with Gasteiger partial charge in [-0.2, -0.15) is 5.10 Å². The van der Waals surface area contributed by atoms with Crippen LogP contribution in [0.2, 0.25) is 0 Å². The second kappa shape index (κ2) is 5.95. The van der Waals surface area contributed by atoms with Crippen LogP contribution in [-0.4, -0.2) is 9.78 Å². The van der Waals surface area contributed by atoms with Crippen molar-refractivity contribution >= 4 is 21.6 Å². The molecule has 0 aliphatic rings. The largest absolute Gasteiger partial charge is 0.377 e. The highest BCUT2D eigenvalue weighted by Gasteiger charge is 2.17. The number of benzene rings is 1. The number of aromatic nitrogens is 2. The number of nitrogens with one attached hydrogen (secondary N) is 1. The Morgan fingerprint density at radius 3 is 2.70 bits per heavy atom. The number of rotatable bonds is 4. The van der Waals surface area contributed by atoms with Crippen molar-refractivity contribution in [2.45, 2.75) is 40.3 Å². The zero-order chi connectivity index (χ0) is 14.9. The monoisotopic (exact) mass is 339 g/mol. The maximum Gasteiger partial charge on any atom is 0.125 e. The van der Waals surface area contributed by atoms with E-state index in [-0.39, 0.29) is 11.9 Å². The third-order valence-corrected chi connectivity index (χ3v) is 4.16. The highest BCUT2D eigenvalue weighted by atomic mass is 79.9. The van der Waals surface area contributed by atoms with Crippen LogP contribution in [0.4, 0.5) is 10.1 Å². The molecule has 0 bridgehead atoms. The molecule has 0 aliphatic carbocycles. The van der Waals surface area contributed by atoms with Gasteiger partial charge in [0, 0.05) is 22.3 Å². The molecule has 0 saturated heterocycles. The van der Waals surface area contributed by atoms with Gasteiger partial charge in [-0.25, -0.2) is 4.39 Å². The van der Waals surface area contributed by atoms with Crippen molar-refractivity contribution in [1.82, 2.24) is 9.78 Å². The van der Waals surface area contributed by atoms with Crippen LogP contribution in [-0.2, 0) is 6.54 Å². The van der Waals surface area contributed by atoms with Crippen LogP contribution < -0.4 is 5.32 Å². The molecule has 1 aromatic carbocycles. The normalized spacial score (nSPS) is 12.5. The van der Waals surface area contributed by atoms with Crippen LogP contribution in [0.5, 0.6) is 0 Å². The summed E-state index contributed by atoms with van der Waals surface area (Å²) in [6, 6.07) is 4.70. The van der Waals surface area contributed by atoms with E-state index in [1.165, 1.54) is 17.7 Å². The van der Waals surface area contributed by atoms with E-state index >= 15 is 0 Å². The molecular weight excluding hydrogens is 321 g/mol. The SMILES string of the molecule is CCn1nc(C)c(C(C)Nc2cc(F)ccc2Br)c1C. The average Bonchev–Trinajstić information content (AvgIpc) is 2.68. The molecule has 2 rings (SSSR count). The number of aryl methyl sites for hydroxylation is 2. The lowest BCUT2D eigenvalue weighted by molar-refractivity contribution is 0.627. The number of hydrogen-bond donors (Lipinski definition) is 1. The summed E-state index contributed by atoms with van der Waals surface area (Å²) in [5.74, 6) is -0.249. The van der Waals surface area contributed by atoms with Gasteiger partial charge in [-0.05, 0) is 61.8 Å². The van der Waals surface area contributed by atoms with E-state index < -0.39 is 0 Å². The van der Waals surface area contributed by atoms with Gasteiger partial charge in [0.15, 0.2) is 0 Å². The topological polar surface area (TPSA) is 29.9 Å². The van der Waals surface area contributed by atoms with Gasteiger partial charge >= 0.3 is 0 Å². The zero-order valence-corrected chi connectivity index (χ0v) is 13.8. The predicted octanol–water partition coefficient (Wildman–Crippen LogP) is 4.59. The Hall–Kier alpha value is -1.36. The standard InChI is InChI=1S/C15H19BrFN3/c1-5-20-11(4)15(10(3)19-20)9(2)18-14-8-12(17)6-7-13(14)16/h6-9,18H,5H2,1-4H3. The second-order valence-corrected chi connectivity index (χ2v) is 5.74. The first kappa shape index (κ1) is 15.0. The van der Waals surface area contributed by atoms with Crippen LogP contribution in [0.3, 0.4) is 0 Å². The molecule has 1 unspecified atom stereocenters. The highest BCUT2D eigenvalue weighted by Crippen LogP contribution is 2.29. The average molecular weight is 340 g/mol. The lowest BCUT2D eigenvalue weighted by atomic mass is 10.1. The molecule has 1 atom stereocenters. The van der Waals surface area contributed by atoms with E-state index in [9.17, 15) is 4.39 Å². The van der Waals surface area contributed by atoms with Gasteiger partial charge in [-0.15, -0.1) is 0 Å². The van der Waals surface area contributed by atoms with Gasteiger partial charge in [0.25, 0.3) is 0 Å². The first-order valence-electron chi connectivity index (χ1n) is 6.69. The molecule has 0 fully saturated rings. The molecule has 3 nitrogen and oxygen atoms in total. The Balaban J connectivity index is 2.30. The zero-order valence-electron chi connectivity index (χ0n) is 12.2. The number of halogens is 2. The molecule has 1 aromatic heterocycles. The lowest BCUT2D eigenvalue weighted by Gasteiger charge is -2.17. The molecule has 1 heterocycles. The minimum absolute atomic E-state index is 0.0633. The van der Waals surface area contributed by atoms with Crippen molar-refractivity contribution in [3.63, 3.8) is 0 Å². The minimum atomic E-state index is -0.249. The molecule has 0 amide bonds. The first-order valence-corrected chi connectivity index (χ1v) is 7.48. The fourth-order valence-electron chi connectivity index (χ4n) is 2.56. The summed E-state index contributed by atoms with van der Waals surface area (Å²) in [4.78, 5) is 0. The minimum Gasteiger partial charge on any atom is -0.377 e. The summed E-state index contributed by atoms with van der Waals surface area (Å²) < 4.78 is 16.2. The molecule has 0 aliphatic heterocycles. The Kier molecular flexibility index (Phi) is 4.48. The molecule has 2 aromatic rings. The summed E-state index contributed by atoms with van der Waals surface area (Å²) in [5, 5.41) is 7.87. The van der Waals surface area contributed by atoms with Crippen molar-refractivity contribution in [2.75, 3.05) is 5.32 Å². The van der Waals surface area contributed by atoms with E-state index in [0.717, 1.165) is 28.1 Å². The van der Waals surface area contributed by atoms with E-state index in [0.29, 0.717) is 0 Å². The molecule has 0 saturated carbocycles. The molecule has 0 radical (unpaired) electrons. The van der Waals surface area contributed by atoms with Crippen molar-refractivity contribution < 1.29 is 4.39 Å². The van der Waals surface area contributed by atoms with E-state index in [1.54, 1.807) is 6.07 Å². The third kappa shape index (κ3) is 2.87. The van der Waals surface area contributed by atoms with Gasteiger partial charge in [0.1, 0.15) is 5.82 Å². The fraction of sp³-hybridized carbons (Fsp3) is 0.400. The van der Waals surface area contributed by atoms with E-state index in [1.807, 2.05) is 11.6 Å². The van der Waals surface area contributed by atoms with Crippen LogP contribution in [0.1, 0.15) is 36.8 Å². The molecular formula is C15H19BrFN3. The van der Waals surface area contributed by atoms with Crippen molar-refractivity contribution in [3.8, 4) is 0 Å². The quantitative estimate of drug-likeness (QED) is 0.882. The Morgan fingerprint density at radius 1 is 1.40 bits per heavy atom. The maximum absolute atomic E-state index is 13.3. The smallest absolute Gasteiger partial charge is 0.125 e. The number of nitrogens with zero attached hydrogens (tertiary/aromatic N) is 2. The lowest BCUT2D eigenvalue weighted by Crippen LogP contribution is -2.10. The predicted molar refractivity (Wildman–Crippen MR) is 83.5 cm³/mol. The van der Waals surface area contributed by atoms with Crippen molar-refractivity contribution in [1.29, 1.82) is 0 Å². The van der Waals surface area contributed by atoms with Crippen molar-refractivity contribution in [3.05, 3.63) is 45.4 Å². The Bertz CT molecular complexity index is 622. The maximum atomic E-state index is 13.3. The van der Waals surface area contributed by atoms with Gasteiger partial charge in [0.05, 0.1) is 17.4 Å².